The van der Waals surface area contributed by atoms with Crippen LogP contribution in [0, 0.1) is 0 Å². The van der Waals surface area contributed by atoms with E-state index in [1.807, 2.05) is 37.4 Å². The largest absolute Gasteiger partial charge is 0.455 e. The molecule has 1 saturated carbocycles. The lowest BCUT2D eigenvalue weighted by Gasteiger charge is -2.19. The number of furan rings is 1. The molecule has 4 rings (SSSR count). The van der Waals surface area contributed by atoms with Crippen molar-refractivity contribution in [2.24, 2.45) is 0 Å². The maximum Gasteiger partial charge on any atom is 0.287 e. The quantitative estimate of drug-likeness (QED) is 0.406. The molecule has 6 nitrogen and oxygen atoms in total. The van der Waals surface area contributed by atoms with E-state index >= 15 is 0 Å². The Morgan fingerprint density at radius 3 is 2.73 bits per heavy atom. The molecule has 0 spiro atoms. The minimum Gasteiger partial charge on any atom is -0.455 e. The fourth-order valence-corrected chi connectivity index (χ4v) is 3.80. The first kappa shape index (κ1) is 20.5. The number of carbonyl (C=O) groups excluding carboxylic acids is 1. The van der Waals surface area contributed by atoms with Gasteiger partial charge < -0.3 is 14.6 Å². The molecule has 0 bridgehead atoms. The van der Waals surface area contributed by atoms with Gasteiger partial charge >= 0.3 is 0 Å². The Hall–Kier alpha value is -2.80. The van der Waals surface area contributed by atoms with E-state index in [0.29, 0.717) is 22.7 Å². The van der Waals surface area contributed by atoms with E-state index in [2.05, 4.69) is 34.3 Å². The predicted octanol–water partition coefficient (Wildman–Crippen LogP) is 4.45. The lowest BCUT2D eigenvalue weighted by Crippen LogP contribution is -2.24. The van der Waals surface area contributed by atoms with Crippen LogP contribution in [0.25, 0.3) is 0 Å². The average molecular weight is 423 g/mol. The first-order valence-corrected chi connectivity index (χ1v) is 11.2. The highest BCUT2D eigenvalue weighted by molar-refractivity contribution is 7.98. The number of nitrogens with one attached hydrogen (secondary N) is 1. The van der Waals surface area contributed by atoms with Crippen molar-refractivity contribution in [1.82, 2.24) is 15.3 Å². The summed E-state index contributed by atoms with van der Waals surface area (Å²) in [5.74, 6) is 2.45. The molecule has 1 N–H and O–H groups in total. The Bertz CT molecular complexity index is 1000. The smallest absolute Gasteiger partial charge is 0.287 e. The molecular formula is C23H26N4O2S. The van der Waals surface area contributed by atoms with Gasteiger partial charge in [0.2, 0.25) is 0 Å². The van der Waals surface area contributed by atoms with E-state index in [9.17, 15) is 4.79 Å². The summed E-state index contributed by atoms with van der Waals surface area (Å²) in [6, 6.07) is 16.3. The molecule has 2 aromatic heterocycles. The number of benzene rings is 1. The topological polar surface area (TPSA) is 71.3 Å². The fourth-order valence-electron chi connectivity index (χ4n) is 3.04. The van der Waals surface area contributed by atoms with Gasteiger partial charge in [-0.3, -0.25) is 4.79 Å². The Morgan fingerprint density at radius 1 is 1.20 bits per heavy atom. The summed E-state index contributed by atoms with van der Waals surface area (Å²) in [4.78, 5) is 23.6. The number of hydrogen-bond donors (Lipinski definition) is 1. The fraction of sp³-hybridized carbons (Fsp3) is 0.348. The highest BCUT2D eigenvalue weighted by Crippen LogP contribution is 2.25. The van der Waals surface area contributed by atoms with Gasteiger partial charge in [0.15, 0.2) is 10.9 Å². The summed E-state index contributed by atoms with van der Waals surface area (Å²) in [5, 5.41) is 3.66. The third kappa shape index (κ3) is 5.42. The number of aryl methyl sites for hydroxylation is 1. The van der Waals surface area contributed by atoms with Crippen molar-refractivity contribution in [2.45, 2.75) is 49.7 Å². The first-order valence-electron chi connectivity index (χ1n) is 10.3. The second-order valence-corrected chi connectivity index (χ2v) is 8.44. The summed E-state index contributed by atoms with van der Waals surface area (Å²) < 4.78 is 5.71. The van der Waals surface area contributed by atoms with Crippen molar-refractivity contribution in [2.75, 3.05) is 11.9 Å². The zero-order valence-corrected chi connectivity index (χ0v) is 18.1. The molecule has 0 radical (unpaired) electrons. The summed E-state index contributed by atoms with van der Waals surface area (Å²) in [6.45, 7) is 2.87. The normalized spacial score (nSPS) is 13.3. The summed E-state index contributed by atoms with van der Waals surface area (Å²) >= 11 is 1.52. The minimum atomic E-state index is -0.136. The van der Waals surface area contributed by atoms with Gasteiger partial charge in [-0.15, -0.1) is 0 Å². The molecule has 1 aliphatic rings. The minimum absolute atomic E-state index is 0.136. The molecule has 0 atom stereocenters. The lowest BCUT2D eigenvalue weighted by molar-refractivity contribution is 0.0922. The lowest BCUT2D eigenvalue weighted by atomic mass is 10.2. The van der Waals surface area contributed by atoms with E-state index in [-0.39, 0.29) is 5.91 Å². The summed E-state index contributed by atoms with van der Waals surface area (Å²) in [5.41, 5.74) is 2.24. The van der Waals surface area contributed by atoms with Crippen molar-refractivity contribution >= 4 is 23.5 Å². The molecule has 0 saturated heterocycles. The monoisotopic (exact) mass is 422 g/mol. The van der Waals surface area contributed by atoms with Gasteiger partial charge in [0.05, 0.1) is 5.75 Å². The van der Waals surface area contributed by atoms with Gasteiger partial charge in [-0.05, 0) is 37.0 Å². The van der Waals surface area contributed by atoms with Crippen molar-refractivity contribution in [3.63, 3.8) is 0 Å². The number of nitrogens with zero attached hydrogens (tertiary/aromatic N) is 3. The molecule has 30 heavy (non-hydrogen) atoms. The Balaban J connectivity index is 1.41. The number of carbonyl (C=O) groups is 1. The van der Waals surface area contributed by atoms with Crippen LogP contribution in [0.3, 0.4) is 0 Å². The van der Waals surface area contributed by atoms with Gasteiger partial charge in [-0.2, -0.15) is 0 Å². The van der Waals surface area contributed by atoms with Crippen molar-refractivity contribution in [1.29, 1.82) is 0 Å². The number of aromatic nitrogens is 2. The van der Waals surface area contributed by atoms with Gasteiger partial charge in [0.1, 0.15) is 11.6 Å². The van der Waals surface area contributed by atoms with Gasteiger partial charge in [0.25, 0.3) is 5.91 Å². The SMILES string of the molecule is CCc1cc(N(C)Cc2ccccc2)nc(SCc2ccc(C(=O)NC3CC3)o2)n1. The third-order valence-corrected chi connectivity index (χ3v) is 5.77. The van der Waals surface area contributed by atoms with Crippen molar-refractivity contribution in [3.05, 3.63) is 71.3 Å². The maximum absolute atomic E-state index is 12.1. The van der Waals surface area contributed by atoms with Crippen LogP contribution < -0.4 is 10.2 Å². The van der Waals surface area contributed by atoms with Crippen molar-refractivity contribution < 1.29 is 9.21 Å². The van der Waals surface area contributed by atoms with Crippen LogP contribution in [0.4, 0.5) is 5.82 Å². The number of anilines is 1. The molecule has 156 valence electrons. The second kappa shape index (κ2) is 9.34. The molecule has 3 aromatic rings. The summed E-state index contributed by atoms with van der Waals surface area (Å²) in [7, 11) is 2.04. The summed E-state index contributed by atoms with van der Waals surface area (Å²) in [6.07, 6.45) is 2.96. The van der Waals surface area contributed by atoms with Crippen LogP contribution in [0.2, 0.25) is 0 Å². The molecule has 2 heterocycles. The first-order chi connectivity index (χ1) is 14.6. The predicted molar refractivity (Wildman–Crippen MR) is 119 cm³/mol. The van der Waals surface area contributed by atoms with Gasteiger partial charge in [-0.1, -0.05) is 49.0 Å². The van der Waals surface area contributed by atoms with E-state index in [1.165, 1.54) is 17.3 Å². The number of rotatable bonds is 9. The maximum atomic E-state index is 12.1. The van der Waals surface area contributed by atoms with Gasteiger partial charge in [0, 0.05) is 31.4 Å². The number of hydrogen-bond acceptors (Lipinski definition) is 6. The third-order valence-electron chi connectivity index (χ3n) is 4.90. The molecule has 7 heteroatoms. The molecule has 1 amide bonds. The van der Waals surface area contributed by atoms with Crippen molar-refractivity contribution in [3.8, 4) is 0 Å². The molecule has 1 fully saturated rings. The standard InChI is InChI=1S/C23H26N4O2S/c1-3-17-13-21(27(2)14-16-7-5-4-6-8-16)26-23(25-17)30-15-19-11-12-20(29-19)22(28)24-18-9-10-18/h4-8,11-13,18H,3,9-10,14-15H2,1-2H3,(H,24,28). The number of thioether (sulfide) groups is 1. The van der Waals surface area contributed by atoms with E-state index in [0.717, 1.165) is 43.1 Å². The van der Waals surface area contributed by atoms with Gasteiger partial charge in [-0.25, -0.2) is 9.97 Å². The molecule has 0 aliphatic heterocycles. The van der Waals surface area contributed by atoms with Crippen LogP contribution in [0.1, 0.15) is 47.3 Å². The van der Waals surface area contributed by atoms with E-state index in [4.69, 9.17) is 9.40 Å². The highest BCUT2D eigenvalue weighted by Gasteiger charge is 2.25. The Morgan fingerprint density at radius 2 is 2.00 bits per heavy atom. The van der Waals surface area contributed by atoms with Crippen LogP contribution in [-0.4, -0.2) is 29.0 Å². The van der Waals surface area contributed by atoms with Crippen LogP contribution in [0.5, 0.6) is 0 Å². The zero-order chi connectivity index (χ0) is 20.9. The second-order valence-electron chi connectivity index (χ2n) is 7.50. The Labute approximate surface area is 181 Å². The van der Waals surface area contributed by atoms with Crippen LogP contribution in [0.15, 0.2) is 58.1 Å². The highest BCUT2D eigenvalue weighted by atomic mass is 32.2. The Kier molecular flexibility index (Phi) is 6.38. The molecule has 0 unspecified atom stereocenters. The average Bonchev–Trinajstić information content (AvgIpc) is 3.45. The molecule has 1 aliphatic carbocycles. The van der Waals surface area contributed by atoms with Crippen LogP contribution >= 0.6 is 11.8 Å². The van der Waals surface area contributed by atoms with Crippen LogP contribution in [-0.2, 0) is 18.7 Å². The number of amides is 1. The van der Waals surface area contributed by atoms with E-state index in [1.54, 1.807) is 6.07 Å². The molecular weight excluding hydrogens is 396 g/mol. The van der Waals surface area contributed by atoms with E-state index < -0.39 is 0 Å². The molecule has 1 aromatic carbocycles. The zero-order valence-electron chi connectivity index (χ0n) is 17.3.